The third-order valence-electron chi connectivity index (χ3n) is 4.20. The van der Waals surface area contributed by atoms with Gasteiger partial charge in [-0.05, 0) is 61.2 Å². The molecule has 3 N–H and O–H groups in total. The van der Waals surface area contributed by atoms with E-state index >= 15 is 0 Å². The molecule has 0 aromatic heterocycles. The number of hydrogen-bond acceptors (Lipinski definition) is 2. The van der Waals surface area contributed by atoms with Crippen molar-refractivity contribution < 1.29 is 9.18 Å². The molecule has 0 saturated heterocycles. The molecule has 0 saturated carbocycles. The van der Waals surface area contributed by atoms with Crippen molar-refractivity contribution in [3.8, 4) is 0 Å². The number of carbonyl (C=O) groups excluding carboxylic acids is 1. The first-order valence-corrected chi connectivity index (χ1v) is 9.10. The van der Waals surface area contributed by atoms with Gasteiger partial charge >= 0.3 is 0 Å². The summed E-state index contributed by atoms with van der Waals surface area (Å²) in [5, 5.41) is 9.29. The Labute approximate surface area is 183 Å². The molecular weight excluding hydrogens is 470 g/mol. The van der Waals surface area contributed by atoms with Crippen LogP contribution in [-0.2, 0) is 13.0 Å². The number of guanidine groups is 1. The summed E-state index contributed by atoms with van der Waals surface area (Å²) in [6.07, 6.45) is 0.777. The Morgan fingerprint density at radius 1 is 1.11 bits per heavy atom. The normalized spacial score (nSPS) is 10.8. The van der Waals surface area contributed by atoms with Crippen molar-refractivity contribution >= 4 is 35.8 Å². The number of carbonyl (C=O) groups is 1. The second kappa shape index (κ2) is 12.3. The van der Waals surface area contributed by atoms with Gasteiger partial charge in [-0.1, -0.05) is 18.2 Å². The Kier molecular flexibility index (Phi) is 10.5. The monoisotopic (exact) mass is 498 g/mol. The van der Waals surface area contributed by atoms with Crippen molar-refractivity contribution in [3.63, 3.8) is 0 Å². The number of aryl methyl sites for hydroxylation is 1. The maximum atomic E-state index is 13.2. The molecule has 152 valence electrons. The standard InChI is InChI=1S/C21H27FN4O.HI/c1-4-24-20(27)18-7-5-6-16(13-18)14-26-21(23-3)25-11-10-17-8-9-19(22)12-15(17)2;/h5-9,12-13H,4,10-11,14H2,1-3H3,(H,24,27)(H2,23,25,26);1H. The first-order chi connectivity index (χ1) is 13.0. The summed E-state index contributed by atoms with van der Waals surface area (Å²) in [6.45, 7) is 5.65. The van der Waals surface area contributed by atoms with Crippen molar-refractivity contribution in [2.45, 2.75) is 26.8 Å². The van der Waals surface area contributed by atoms with Gasteiger partial charge in [-0.2, -0.15) is 0 Å². The molecule has 0 atom stereocenters. The molecule has 2 rings (SSSR count). The number of nitrogens with zero attached hydrogens (tertiary/aromatic N) is 1. The van der Waals surface area contributed by atoms with Crippen LogP contribution < -0.4 is 16.0 Å². The highest BCUT2D eigenvalue weighted by Gasteiger charge is 2.06. The quantitative estimate of drug-likeness (QED) is 0.312. The minimum absolute atomic E-state index is 0. The molecule has 2 aromatic carbocycles. The number of hydrogen-bond donors (Lipinski definition) is 3. The molecule has 28 heavy (non-hydrogen) atoms. The fourth-order valence-corrected chi connectivity index (χ4v) is 2.75. The smallest absolute Gasteiger partial charge is 0.251 e. The molecule has 0 radical (unpaired) electrons. The van der Waals surface area contributed by atoms with Gasteiger partial charge in [-0.25, -0.2) is 4.39 Å². The van der Waals surface area contributed by atoms with Gasteiger partial charge in [-0.3, -0.25) is 9.79 Å². The van der Waals surface area contributed by atoms with Gasteiger partial charge in [0, 0.05) is 32.2 Å². The van der Waals surface area contributed by atoms with Crippen LogP contribution >= 0.6 is 24.0 Å². The Morgan fingerprint density at radius 3 is 2.57 bits per heavy atom. The van der Waals surface area contributed by atoms with Crippen LogP contribution in [0.5, 0.6) is 0 Å². The Morgan fingerprint density at radius 2 is 1.89 bits per heavy atom. The lowest BCUT2D eigenvalue weighted by Crippen LogP contribution is -2.38. The molecule has 1 amide bonds. The second-order valence-corrected chi connectivity index (χ2v) is 6.23. The molecule has 0 unspecified atom stereocenters. The Bertz CT molecular complexity index is 811. The van der Waals surface area contributed by atoms with E-state index < -0.39 is 0 Å². The van der Waals surface area contributed by atoms with E-state index in [9.17, 15) is 9.18 Å². The molecule has 0 aliphatic carbocycles. The molecular formula is C21H28FIN4O. The summed E-state index contributed by atoms with van der Waals surface area (Å²) in [5.41, 5.74) is 3.69. The van der Waals surface area contributed by atoms with Crippen LogP contribution in [0, 0.1) is 12.7 Å². The van der Waals surface area contributed by atoms with E-state index in [0.29, 0.717) is 31.2 Å². The maximum Gasteiger partial charge on any atom is 0.251 e. The zero-order valence-electron chi connectivity index (χ0n) is 16.5. The predicted molar refractivity (Wildman–Crippen MR) is 123 cm³/mol. The molecule has 0 bridgehead atoms. The molecule has 0 heterocycles. The molecule has 0 aliphatic heterocycles. The zero-order chi connectivity index (χ0) is 19.6. The Hall–Kier alpha value is -2.16. The number of halogens is 2. The van der Waals surface area contributed by atoms with Crippen LogP contribution in [0.25, 0.3) is 0 Å². The third kappa shape index (κ3) is 7.46. The number of nitrogens with one attached hydrogen (secondary N) is 3. The van der Waals surface area contributed by atoms with Gasteiger partial charge in [-0.15, -0.1) is 24.0 Å². The van der Waals surface area contributed by atoms with E-state index in [1.807, 2.05) is 38.1 Å². The highest BCUT2D eigenvalue weighted by molar-refractivity contribution is 14.0. The van der Waals surface area contributed by atoms with Crippen LogP contribution in [0.15, 0.2) is 47.5 Å². The highest BCUT2D eigenvalue weighted by Crippen LogP contribution is 2.10. The minimum atomic E-state index is -0.212. The SMILES string of the molecule is CCNC(=O)c1cccc(CNC(=NC)NCCc2ccc(F)cc2C)c1.I. The predicted octanol–water partition coefficient (Wildman–Crippen LogP) is 3.41. The minimum Gasteiger partial charge on any atom is -0.356 e. The number of rotatable bonds is 7. The van der Waals surface area contributed by atoms with Crippen LogP contribution in [0.4, 0.5) is 4.39 Å². The molecule has 0 fully saturated rings. The van der Waals surface area contributed by atoms with Crippen molar-refractivity contribution in [2.24, 2.45) is 4.99 Å². The molecule has 5 nitrogen and oxygen atoms in total. The van der Waals surface area contributed by atoms with E-state index in [1.165, 1.54) is 6.07 Å². The van der Waals surface area contributed by atoms with E-state index in [-0.39, 0.29) is 35.7 Å². The van der Waals surface area contributed by atoms with E-state index in [0.717, 1.165) is 23.1 Å². The summed E-state index contributed by atoms with van der Waals surface area (Å²) >= 11 is 0. The fourth-order valence-electron chi connectivity index (χ4n) is 2.75. The van der Waals surface area contributed by atoms with Crippen LogP contribution in [0.1, 0.15) is 34.0 Å². The summed E-state index contributed by atoms with van der Waals surface area (Å²) < 4.78 is 13.2. The topological polar surface area (TPSA) is 65.5 Å². The molecule has 0 aliphatic rings. The zero-order valence-corrected chi connectivity index (χ0v) is 18.8. The average Bonchev–Trinajstić information content (AvgIpc) is 2.66. The van der Waals surface area contributed by atoms with Crippen LogP contribution in [0.2, 0.25) is 0 Å². The van der Waals surface area contributed by atoms with Gasteiger partial charge in [0.1, 0.15) is 5.82 Å². The summed E-state index contributed by atoms with van der Waals surface area (Å²) in [6, 6.07) is 12.3. The maximum absolute atomic E-state index is 13.2. The van der Waals surface area contributed by atoms with Crippen molar-refractivity contribution in [2.75, 3.05) is 20.1 Å². The number of aliphatic imine (C=N–C) groups is 1. The van der Waals surface area contributed by atoms with Gasteiger partial charge in [0.25, 0.3) is 5.91 Å². The third-order valence-corrected chi connectivity index (χ3v) is 4.20. The largest absolute Gasteiger partial charge is 0.356 e. The van der Waals surface area contributed by atoms with E-state index in [4.69, 9.17) is 0 Å². The lowest BCUT2D eigenvalue weighted by atomic mass is 10.1. The molecule has 0 spiro atoms. The van der Waals surface area contributed by atoms with Crippen molar-refractivity contribution in [1.82, 2.24) is 16.0 Å². The summed E-state index contributed by atoms with van der Waals surface area (Å²) in [5.74, 6) is 0.395. The van der Waals surface area contributed by atoms with E-state index in [1.54, 1.807) is 19.2 Å². The number of benzene rings is 2. The fraction of sp³-hybridized carbons (Fsp3) is 0.333. The first kappa shape index (κ1) is 23.9. The van der Waals surface area contributed by atoms with Crippen molar-refractivity contribution in [3.05, 3.63) is 70.5 Å². The lowest BCUT2D eigenvalue weighted by Gasteiger charge is -2.13. The van der Waals surface area contributed by atoms with Crippen LogP contribution in [-0.4, -0.2) is 32.0 Å². The summed E-state index contributed by atoms with van der Waals surface area (Å²) in [4.78, 5) is 16.1. The van der Waals surface area contributed by atoms with Gasteiger partial charge < -0.3 is 16.0 Å². The molecule has 7 heteroatoms. The van der Waals surface area contributed by atoms with Gasteiger partial charge in [0.15, 0.2) is 5.96 Å². The molecule has 2 aromatic rings. The van der Waals surface area contributed by atoms with E-state index in [2.05, 4.69) is 20.9 Å². The number of amides is 1. The van der Waals surface area contributed by atoms with Crippen LogP contribution in [0.3, 0.4) is 0 Å². The summed E-state index contributed by atoms with van der Waals surface area (Å²) in [7, 11) is 1.71. The van der Waals surface area contributed by atoms with Gasteiger partial charge in [0.2, 0.25) is 0 Å². The van der Waals surface area contributed by atoms with Crippen molar-refractivity contribution in [1.29, 1.82) is 0 Å². The second-order valence-electron chi connectivity index (χ2n) is 6.23. The average molecular weight is 498 g/mol. The first-order valence-electron chi connectivity index (χ1n) is 9.10. The lowest BCUT2D eigenvalue weighted by molar-refractivity contribution is 0.0955. The highest BCUT2D eigenvalue weighted by atomic mass is 127. The van der Waals surface area contributed by atoms with Gasteiger partial charge in [0.05, 0.1) is 0 Å². The Balaban J connectivity index is 0.00000392.